The lowest BCUT2D eigenvalue weighted by molar-refractivity contribution is 0.581. The summed E-state index contributed by atoms with van der Waals surface area (Å²) < 4.78 is 0. The number of rotatable bonds is 5. The van der Waals surface area contributed by atoms with Gasteiger partial charge in [-0.3, -0.25) is 0 Å². The Morgan fingerprint density at radius 1 is 1.24 bits per heavy atom. The van der Waals surface area contributed by atoms with Crippen molar-refractivity contribution in [3.05, 3.63) is 36.0 Å². The zero-order valence-electron chi connectivity index (χ0n) is 10.3. The van der Waals surface area contributed by atoms with Gasteiger partial charge in [0.25, 0.3) is 0 Å². The van der Waals surface area contributed by atoms with Gasteiger partial charge in [0.2, 0.25) is 0 Å². The first-order valence-electron chi connectivity index (χ1n) is 6.14. The van der Waals surface area contributed by atoms with Crippen LogP contribution in [-0.4, -0.2) is 4.98 Å². The van der Waals surface area contributed by atoms with Crippen LogP contribution in [0.2, 0.25) is 0 Å². The lowest BCUT2D eigenvalue weighted by atomic mass is 10.0. The molecule has 0 aliphatic rings. The molecular weight excluding hydrogens is 232 g/mol. The van der Waals surface area contributed by atoms with Gasteiger partial charge in [0.1, 0.15) is 0 Å². The molecule has 0 fully saturated rings. The van der Waals surface area contributed by atoms with E-state index in [0.29, 0.717) is 0 Å². The Balaban J connectivity index is 0.00000144. The van der Waals surface area contributed by atoms with E-state index in [1.807, 2.05) is 6.20 Å². The fraction of sp³-hybridized carbons (Fsp3) is 0.429. The van der Waals surface area contributed by atoms with E-state index in [2.05, 4.69) is 36.2 Å². The van der Waals surface area contributed by atoms with Crippen LogP contribution in [0.15, 0.2) is 30.5 Å². The number of fused-ring (bicyclic) bond motifs is 1. The van der Waals surface area contributed by atoms with Crippen LogP contribution in [0.25, 0.3) is 10.9 Å². The van der Waals surface area contributed by atoms with E-state index >= 15 is 0 Å². The van der Waals surface area contributed by atoms with Gasteiger partial charge < -0.3 is 10.7 Å². The quantitative estimate of drug-likeness (QED) is 0.771. The third kappa shape index (κ3) is 3.48. The molecule has 0 unspecified atom stereocenters. The highest BCUT2D eigenvalue weighted by molar-refractivity contribution is 5.85. The lowest BCUT2D eigenvalue weighted by Crippen LogP contribution is -2.09. The van der Waals surface area contributed by atoms with E-state index < -0.39 is 0 Å². The number of benzene rings is 1. The number of halogens is 1. The minimum absolute atomic E-state index is 0. The van der Waals surface area contributed by atoms with Crippen LogP contribution in [0.4, 0.5) is 0 Å². The van der Waals surface area contributed by atoms with Crippen molar-refractivity contribution >= 4 is 23.3 Å². The summed E-state index contributed by atoms with van der Waals surface area (Å²) in [4.78, 5) is 3.23. The minimum atomic E-state index is 0. The van der Waals surface area contributed by atoms with E-state index in [-0.39, 0.29) is 18.4 Å². The average Bonchev–Trinajstić information content (AvgIpc) is 2.76. The van der Waals surface area contributed by atoms with E-state index in [1.165, 1.54) is 35.7 Å². The highest BCUT2D eigenvalue weighted by Crippen LogP contribution is 2.21. The number of unbranched alkanes of at least 4 members (excludes halogenated alkanes) is 2. The number of nitrogens with two attached hydrogens (primary N) is 1. The van der Waals surface area contributed by atoms with E-state index in [0.717, 1.165) is 6.42 Å². The predicted octanol–water partition coefficient (Wildman–Crippen LogP) is 4.17. The molecule has 0 bridgehead atoms. The first-order valence-corrected chi connectivity index (χ1v) is 6.14. The van der Waals surface area contributed by atoms with Crippen LogP contribution in [0.1, 0.15) is 44.2 Å². The van der Waals surface area contributed by atoms with Crippen molar-refractivity contribution in [2.45, 2.75) is 38.6 Å². The standard InChI is InChI=1S/C14H20N2.ClH/c1-2-3-4-5-13(15)12-7-6-11-8-9-16-14(11)10-12;/h6-10,13,16H,2-5,15H2,1H3;1H/t13-;/m0./s1. The Morgan fingerprint density at radius 3 is 2.82 bits per heavy atom. The molecule has 0 aliphatic heterocycles. The second kappa shape index (κ2) is 6.67. The molecule has 2 aromatic rings. The summed E-state index contributed by atoms with van der Waals surface area (Å²) in [5.74, 6) is 0. The normalized spacial score (nSPS) is 12.4. The monoisotopic (exact) mass is 252 g/mol. The maximum atomic E-state index is 6.18. The van der Waals surface area contributed by atoms with Crippen molar-refractivity contribution < 1.29 is 0 Å². The lowest BCUT2D eigenvalue weighted by Gasteiger charge is -2.11. The van der Waals surface area contributed by atoms with Crippen molar-refractivity contribution in [3.63, 3.8) is 0 Å². The Kier molecular flexibility index (Phi) is 5.52. The summed E-state index contributed by atoms with van der Waals surface area (Å²) in [6, 6.07) is 8.72. The molecule has 0 radical (unpaired) electrons. The van der Waals surface area contributed by atoms with Gasteiger partial charge in [-0.05, 0) is 29.5 Å². The maximum absolute atomic E-state index is 6.18. The Bertz CT molecular complexity index is 450. The summed E-state index contributed by atoms with van der Waals surface area (Å²) >= 11 is 0. The van der Waals surface area contributed by atoms with Gasteiger partial charge in [-0.1, -0.05) is 38.3 Å². The first-order chi connectivity index (χ1) is 7.81. The molecule has 17 heavy (non-hydrogen) atoms. The van der Waals surface area contributed by atoms with Crippen LogP contribution < -0.4 is 5.73 Å². The van der Waals surface area contributed by atoms with Crippen LogP contribution in [0.3, 0.4) is 0 Å². The van der Waals surface area contributed by atoms with Crippen molar-refractivity contribution in [1.82, 2.24) is 4.98 Å². The molecule has 94 valence electrons. The second-order valence-electron chi connectivity index (χ2n) is 4.43. The SMILES string of the molecule is CCCCC[C@H](N)c1ccc2cc[nH]c2c1.Cl. The molecule has 2 nitrogen and oxygen atoms in total. The third-order valence-corrected chi connectivity index (χ3v) is 3.13. The van der Waals surface area contributed by atoms with Crippen molar-refractivity contribution in [2.24, 2.45) is 5.73 Å². The Labute approximate surface area is 109 Å². The summed E-state index contributed by atoms with van der Waals surface area (Å²) in [5, 5.41) is 1.25. The van der Waals surface area contributed by atoms with Crippen LogP contribution in [0.5, 0.6) is 0 Å². The van der Waals surface area contributed by atoms with Crippen molar-refractivity contribution in [2.75, 3.05) is 0 Å². The van der Waals surface area contributed by atoms with Crippen molar-refractivity contribution in [3.8, 4) is 0 Å². The van der Waals surface area contributed by atoms with E-state index in [9.17, 15) is 0 Å². The maximum Gasteiger partial charge on any atom is 0.0457 e. The van der Waals surface area contributed by atoms with Gasteiger partial charge >= 0.3 is 0 Å². The van der Waals surface area contributed by atoms with Crippen LogP contribution in [0, 0.1) is 0 Å². The molecule has 1 atom stereocenters. The Morgan fingerprint density at radius 2 is 2.06 bits per heavy atom. The van der Waals surface area contributed by atoms with E-state index in [1.54, 1.807) is 0 Å². The molecule has 0 amide bonds. The third-order valence-electron chi connectivity index (χ3n) is 3.13. The molecule has 0 saturated carbocycles. The van der Waals surface area contributed by atoms with Gasteiger partial charge in [0.15, 0.2) is 0 Å². The first kappa shape index (κ1) is 14.1. The summed E-state index contributed by atoms with van der Waals surface area (Å²) in [6.07, 6.45) is 6.80. The van der Waals surface area contributed by atoms with Crippen molar-refractivity contribution in [1.29, 1.82) is 0 Å². The predicted molar refractivity (Wildman–Crippen MR) is 76.6 cm³/mol. The highest BCUT2D eigenvalue weighted by Gasteiger charge is 2.06. The zero-order valence-corrected chi connectivity index (χ0v) is 11.1. The molecule has 1 aromatic carbocycles. The van der Waals surface area contributed by atoms with Gasteiger partial charge in [-0.25, -0.2) is 0 Å². The second-order valence-corrected chi connectivity index (χ2v) is 4.43. The highest BCUT2D eigenvalue weighted by atomic mass is 35.5. The molecule has 1 aromatic heterocycles. The number of hydrogen-bond acceptors (Lipinski definition) is 1. The Hall–Kier alpha value is -0.990. The summed E-state index contributed by atoms with van der Waals surface area (Å²) in [6.45, 7) is 2.22. The molecule has 1 heterocycles. The smallest absolute Gasteiger partial charge is 0.0457 e. The van der Waals surface area contributed by atoms with E-state index in [4.69, 9.17) is 5.73 Å². The fourth-order valence-electron chi connectivity index (χ4n) is 2.08. The molecule has 3 N–H and O–H groups in total. The molecule has 0 saturated heterocycles. The van der Waals surface area contributed by atoms with Gasteiger partial charge in [-0.2, -0.15) is 0 Å². The molecular formula is C14H21ClN2. The number of H-pyrrole nitrogens is 1. The number of hydrogen-bond donors (Lipinski definition) is 2. The molecule has 2 rings (SSSR count). The number of nitrogens with one attached hydrogen (secondary N) is 1. The molecule has 0 spiro atoms. The zero-order chi connectivity index (χ0) is 11.4. The molecule has 0 aliphatic carbocycles. The van der Waals surface area contributed by atoms with Gasteiger partial charge in [0.05, 0.1) is 0 Å². The number of aromatic nitrogens is 1. The summed E-state index contributed by atoms with van der Waals surface area (Å²) in [7, 11) is 0. The molecule has 3 heteroatoms. The minimum Gasteiger partial charge on any atom is -0.361 e. The average molecular weight is 253 g/mol. The fourth-order valence-corrected chi connectivity index (χ4v) is 2.08. The summed E-state index contributed by atoms with van der Waals surface area (Å²) in [5.41, 5.74) is 8.61. The van der Waals surface area contributed by atoms with Gasteiger partial charge in [0, 0.05) is 17.8 Å². The van der Waals surface area contributed by atoms with Gasteiger partial charge in [-0.15, -0.1) is 12.4 Å². The van der Waals surface area contributed by atoms with Crippen LogP contribution in [-0.2, 0) is 0 Å². The van der Waals surface area contributed by atoms with Crippen LogP contribution >= 0.6 is 12.4 Å². The number of aromatic amines is 1. The topological polar surface area (TPSA) is 41.8 Å². The largest absolute Gasteiger partial charge is 0.361 e.